The molecule has 1 atom stereocenters. The van der Waals surface area contributed by atoms with Crippen LogP contribution in [0.1, 0.15) is 25.7 Å². The Bertz CT molecular complexity index is 246. The number of nitrogens with zero attached hydrogens (tertiary/aromatic N) is 1. The highest BCUT2D eigenvalue weighted by molar-refractivity contribution is 5.76. The molecule has 0 radical (unpaired) electrons. The Kier molecular flexibility index (Phi) is 4.80. The standard InChI is InChI=1S/C13H24N2O2/c1-15(10-11-3-6-17-7-4-11)13(16)8-12-2-5-14-9-12/h11-12,14H,2-10H2,1H3. The fourth-order valence-electron chi connectivity index (χ4n) is 2.71. The summed E-state index contributed by atoms with van der Waals surface area (Å²) in [5, 5.41) is 3.31. The zero-order valence-electron chi connectivity index (χ0n) is 10.8. The summed E-state index contributed by atoms with van der Waals surface area (Å²) in [5.41, 5.74) is 0. The lowest BCUT2D eigenvalue weighted by Crippen LogP contribution is -2.35. The van der Waals surface area contributed by atoms with Gasteiger partial charge in [-0.2, -0.15) is 0 Å². The second kappa shape index (κ2) is 6.36. The highest BCUT2D eigenvalue weighted by Crippen LogP contribution is 2.18. The van der Waals surface area contributed by atoms with Crippen molar-refractivity contribution in [2.75, 3.05) is 39.9 Å². The first-order chi connectivity index (χ1) is 8.25. The summed E-state index contributed by atoms with van der Waals surface area (Å²) in [6.07, 6.45) is 4.06. The molecule has 2 rings (SSSR count). The minimum atomic E-state index is 0.310. The van der Waals surface area contributed by atoms with Crippen LogP contribution in [0.4, 0.5) is 0 Å². The van der Waals surface area contributed by atoms with E-state index in [4.69, 9.17) is 4.74 Å². The normalized spacial score (nSPS) is 26.1. The number of carbonyl (C=O) groups excluding carboxylic acids is 1. The zero-order chi connectivity index (χ0) is 12.1. The maximum Gasteiger partial charge on any atom is 0.222 e. The quantitative estimate of drug-likeness (QED) is 0.793. The van der Waals surface area contributed by atoms with Crippen LogP contribution in [0, 0.1) is 11.8 Å². The van der Waals surface area contributed by atoms with Crippen LogP contribution in [0.25, 0.3) is 0 Å². The number of amides is 1. The minimum Gasteiger partial charge on any atom is -0.381 e. The van der Waals surface area contributed by atoms with Crippen molar-refractivity contribution < 1.29 is 9.53 Å². The Labute approximate surface area is 104 Å². The van der Waals surface area contributed by atoms with Crippen LogP contribution in [0.2, 0.25) is 0 Å². The SMILES string of the molecule is CN(CC1CCOCC1)C(=O)CC1CCNC1. The van der Waals surface area contributed by atoms with E-state index < -0.39 is 0 Å². The second-order valence-corrected chi connectivity index (χ2v) is 5.39. The summed E-state index contributed by atoms with van der Waals surface area (Å²) in [6, 6.07) is 0. The molecule has 4 heteroatoms. The van der Waals surface area contributed by atoms with Gasteiger partial charge >= 0.3 is 0 Å². The smallest absolute Gasteiger partial charge is 0.222 e. The minimum absolute atomic E-state index is 0.310. The molecular formula is C13H24N2O2. The number of hydrogen-bond donors (Lipinski definition) is 1. The van der Waals surface area contributed by atoms with E-state index in [-0.39, 0.29) is 0 Å². The summed E-state index contributed by atoms with van der Waals surface area (Å²) >= 11 is 0. The Morgan fingerprint density at radius 1 is 1.29 bits per heavy atom. The van der Waals surface area contributed by atoms with Crippen LogP contribution in [-0.2, 0) is 9.53 Å². The molecule has 17 heavy (non-hydrogen) atoms. The Hall–Kier alpha value is -0.610. The molecule has 0 saturated carbocycles. The van der Waals surface area contributed by atoms with E-state index >= 15 is 0 Å². The van der Waals surface area contributed by atoms with Crippen molar-refractivity contribution in [3.8, 4) is 0 Å². The van der Waals surface area contributed by atoms with Gasteiger partial charge in [0, 0.05) is 33.2 Å². The van der Waals surface area contributed by atoms with E-state index in [1.807, 2.05) is 11.9 Å². The Morgan fingerprint density at radius 2 is 2.06 bits per heavy atom. The van der Waals surface area contributed by atoms with Gasteiger partial charge in [0.2, 0.25) is 5.91 Å². The van der Waals surface area contributed by atoms with E-state index in [1.165, 1.54) is 0 Å². The molecule has 0 aromatic rings. The molecule has 2 fully saturated rings. The van der Waals surface area contributed by atoms with Crippen molar-refractivity contribution in [3.05, 3.63) is 0 Å². The third-order valence-electron chi connectivity index (χ3n) is 3.92. The first-order valence-electron chi connectivity index (χ1n) is 6.78. The summed E-state index contributed by atoms with van der Waals surface area (Å²) in [6.45, 7) is 4.71. The molecule has 0 bridgehead atoms. The largest absolute Gasteiger partial charge is 0.381 e. The molecule has 2 heterocycles. The molecule has 0 aliphatic carbocycles. The molecular weight excluding hydrogens is 216 g/mol. The zero-order valence-corrected chi connectivity index (χ0v) is 10.8. The van der Waals surface area contributed by atoms with Gasteiger partial charge in [-0.15, -0.1) is 0 Å². The van der Waals surface area contributed by atoms with Crippen molar-refractivity contribution in [2.24, 2.45) is 11.8 Å². The maximum absolute atomic E-state index is 12.0. The average molecular weight is 240 g/mol. The number of carbonyl (C=O) groups is 1. The lowest BCUT2D eigenvalue weighted by atomic mass is 9.99. The van der Waals surface area contributed by atoms with E-state index in [2.05, 4.69) is 5.32 Å². The van der Waals surface area contributed by atoms with Crippen LogP contribution in [0.15, 0.2) is 0 Å². The second-order valence-electron chi connectivity index (χ2n) is 5.39. The molecule has 2 saturated heterocycles. The first-order valence-corrected chi connectivity index (χ1v) is 6.78. The number of hydrogen-bond acceptors (Lipinski definition) is 3. The monoisotopic (exact) mass is 240 g/mol. The summed E-state index contributed by atoms with van der Waals surface area (Å²) in [4.78, 5) is 14.0. The topological polar surface area (TPSA) is 41.6 Å². The van der Waals surface area contributed by atoms with E-state index in [0.29, 0.717) is 24.2 Å². The van der Waals surface area contributed by atoms with Crippen molar-refractivity contribution in [2.45, 2.75) is 25.7 Å². The average Bonchev–Trinajstić information content (AvgIpc) is 2.83. The van der Waals surface area contributed by atoms with Crippen LogP contribution >= 0.6 is 0 Å². The number of nitrogens with one attached hydrogen (secondary N) is 1. The summed E-state index contributed by atoms with van der Waals surface area (Å²) < 4.78 is 5.34. The van der Waals surface area contributed by atoms with E-state index in [9.17, 15) is 4.79 Å². The Balaban J connectivity index is 1.70. The lowest BCUT2D eigenvalue weighted by Gasteiger charge is -2.27. The number of ether oxygens (including phenoxy) is 1. The summed E-state index contributed by atoms with van der Waals surface area (Å²) in [5.74, 6) is 1.50. The van der Waals surface area contributed by atoms with Crippen molar-refractivity contribution in [1.29, 1.82) is 0 Å². The fraction of sp³-hybridized carbons (Fsp3) is 0.923. The van der Waals surface area contributed by atoms with Gasteiger partial charge in [-0.25, -0.2) is 0 Å². The van der Waals surface area contributed by atoms with Gasteiger partial charge in [0.1, 0.15) is 0 Å². The molecule has 1 N–H and O–H groups in total. The predicted molar refractivity (Wildman–Crippen MR) is 66.8 cm³/mol. The molecule has 4 nitrogen and oxygen atoms in total. The van der Waals surface area contributed by atoms with Gasteiger partial charge in [0.25, 0.3) is 0 Å². The third kappa shape index (κ3) is 3.96. The van der Waals surface area contributed by atoms with Crippen molar-refractivity contribution in [3.63, 3.8) is 0 Å². The van der Waals surface area contributed by atoms with Gasteiger partial charge in [0.15, 0.2) is 0 Å². The first kappa shape index (κ1) is 12.8. The van der Waals surface area contributed by atoms with Crippen LogP contribution in [-0.4, -0.2) is 50.7 Å². The Morgan fingerprint density at radius 3 is 2.71 bits per heavy atom. The molecule has 0 aromatic heterocycles. The molecule has 2 aliphatic heterocycles. The highest BCUT2D eigenvalue weighted by Gasteiger charge is 2.22. The van der Waals surface area contributed by atoms with E-state index in [0.717, 1.165) is 52.1 Å². The van der Waals surface area contributed by atoms with Gasteiger partial charge in [-0.3, -0.25) is 4.79 Å². The number of rotatable bonds is 4. The molecule has 0 spiro atoms. The van der Waals surface area contributed by atoms with Gasteiger partial charge in [0.05, 0.1) is 0 Å². The van der Waals surface area contributed by atoms with E-state index in [1.54, 1.807) is 0 Å². The van der Waals surface area contributed by atoms with Crippen LogP contribution in [0.5, 0.6) is 0 Å². The molecule has 2 aliphatic rings. The highest BCUT2D eigenvalue weighted by atomic mass is 16.5. The maximum atomic E-state index is 12.0. The molecule has 1 amide bonds. The van der Waals surface area contributed by atoms with Gasteiger partial charge in [-0.1, -0.05) is 0 Å². The van der Waals surface area contributed by atoms with Crippen LogP contribution < -0.4 is 5.32 Å². The fourth-order valence-corrected chi connectivity index (χ4v) is 2.71. The van der Waals surface area contributed by atoms with Crippen molar-refractivity contribution in [1.82, 2.24) is 10.2 Å². The molecule has 98 valence electrons. The van der Waals surface area contributed by atoms with Gasteiger partial charge < -0.3 is 15.0 Å². The third-order valence-corrected chi connectivity index (χ3v) is 3.92. The molecule has 1 unspecified atom stereocenters. The van der Waals surface area contributed by atoms with Crippen LogP contribution in [0.3, 0.4) is 0 Å². The predicted octanol–water partition coefficient (Wildman–Crippen LogP) is 0.871. The summed E-state index contributed by atoms with van der Waals surface area (Å²) in [7, 11) is 1.94. The van der Waals surface area contributed by atoms with Gasteiger partial charge in [-0.05, 0) is 44.2 Å². The molecule has 0 aromatic carbocycles. The lowest BCUT2D eigenvalue weighted by molar-refractivity contribution is -0.131. The van der Waals surface area contributed by atoms with Crippen molar-refractivity contribution >= 4 is 5.91 Å².